The van der Waals surface area contributed by atoms with Gasteiger partial charge in [0.15, 0.2) is 0 Å². The average molecular weight is 166 g/mol. The van der Waals surface area contributed by atoms with E-state index in [1.807, 2.05) is 33.2 Å². The first-order valence-corrected chi connectivity index (χ1v) is 4.14. The largest absolute Gasteiger partial charge is 0.374 e. The highest BCUT2D eigenvalue weighted by Gasteiger charge is 2.04. The Morgan fingerprint density at radius 3 is 2.50 bits per heavy atom. The summed E-state index contributed by atoms with van der Waals surface area (Å²) < 4.78 is 5.39. The number of nitrogens with zero attached hydrogens (tertiary/aromatic N) is 2. The number of aryl methyl sites for hydroxylation is 1. The molecule has 66 valence electrons. The van der Waals surface area contributed by atoms with E-state index in [9.17, 15) is 0 Å². The van der Waals surface area contributed by atoms with E-state index in [0.717, 1.165) is 18.0 Å². The summed E-state index contributed by atoms with van der Waals surface area (Å²) in [5, 5.41) is 0. The van der Waals surface area contributed by atoms with Crippen LogP contribution in [0.25, 0.3) is 0 Å². The molecular weight excluding hydrogens is 152 g/mol. The number of hydrogen-bond acceptors (Lipinski definition) is 3. The second kappa shape index (κ2) is 4.16. The summed E-state index contributed by atoms with van der Waals surface area (Å²) in [5.74, 6) is 0.794. The molecule has 0 aliphatic carbocycles. The highest BCUT2D eigenvalue weighted by Crippen LogP contribution is 2.13. The Hall–Kier alpha value is -0.960. The number of rotatable bonds is 3. The Morgan fingerprint density at radius 2 is 2.00 bits per heavy atom. The first-order valence-electron chi connectivity index (χ1n) is 4.14. The topological polar surface area (TPSA) is 35.0 Å². The molecule has 0 fully saturated rings. The van der Waals surface area contributed by atoms with Crippen molar-refractivity contribution in [2.45, 2.75) is 26.9 Å². The van der Waals surface area contributed by atoms with Gasteiger partial charge in [0.05, 0.1) is 6.10 Å². The second-order valence-electron chi connectivity index (χ2n) is 2.66. The van der Waals surface area contributed by atoms with Crippen LogP contribution < -0.4 is 0 Å². The van der Waals surface area contributed by atoms with Crippen molar-refractivity contribution in [2.75, 3.05) is 6.61 Å². The molecule has 0 saturated heterocycles. The summed E-state index contributed by atoms with van der Waals surface area (Å²) in [6.45, 7) is 6.56. The standard InChI is InChI=1S/C9H14N2O/c1-4-12-7(2)9-5-10-8(3)11-6-9/h5-7H,4H2,1-3H3. The van der Waals surface area contributed by atoms with Gasteiger partial charge in [0.1, 0.15) is 5.82 Å². The maximum absolute atomic E-state index is 5.39. The van der Waals surface area contributed by atoms with E-state index in [0.29, 0.717) is 0 Å². The first-order chi connectivity index (χ1) is 5.74. The van der Waals surface area contributed by atoms with Crippen LogP contribution in [0.5, 0.6) is 0 Å². The molecule has 1 rings (SSSR count). The van der Waals surface area contributed by atoms with E-state index in [1.54, 1.807) is 0 Å². The fourth-order valence-electron chi connectivity index (χ4n) is 0.959. The maximum Gasteiger partial charge on any atom is 0.125 e. The molecule has 1 aromatic heterocycles. The van der Waals surface area contributed by atoms with E-state index in [-0.39, 0.29) is 6.10 Å². The predicted octanol–water partition coefficient (Wildman–Crippen LogP) is 1.88. The van der Waals surface area contributed by atoms with Crippen molar-refractivity contribution in [1.82, 2.24) is 9.97 Å². The van der Waals surface area contributed by atoms with E-state index in [2.05, 4.69) is 9.97 Å². The smallest absolute Gasteiger partial charge is 0.125 e. The third kappa shape index (κ3) is 2.27. The molecule has 0 bridgehead atoms. The summed E-state index contributed by atoms with van der Waals surface area (Å²) in [5.41, 5.74) is 1.03. The minimum Gasteiger partial charge on any atom is -0.374 e. The SMILES string of the molecule is CCOC(C)c1cnc(C)nc1. The monoisotopic (exact) mass is 166 g/mol. The molecule has 0 amide bonds. The Kier molecular flexibility index (Phi) is 3.17. The minimum atomic E-state index is 0.0931. The molecule has 0 aliphatic rings. The van der Waals surface area contributed by atoms with Crippen LogP contribution in [0.2, 0.25) is 0 Å². The Bertz CT molecular complexity index is 233. The van der Waals surface area contributed by atoms with Crippen LogP contribution in [0.3, 0.4) is 0 Å². The average Bonchev–Trinajstić information content (AvgIpc) is 2.06. The van der Waals surface area contributed by atoms with E-state index in [4.69, 9.17) is 4.74 Å². The maximum atomic E-state index is 5.39. The van der Waals surface area contributed by atoms with Crippen LogP contribution in [0.4, 0.5) is 0 Å². The van der Waals surface area contributed by atoms with Gasteiger partial charge in [0.2, 0.25) is 0 Å². The molecule has 1 aromatic rings. The highest BCUT2D eigenvalue weighted by atomic mass is 16.5. The molecule has 1 atom stereocenters. The molecule has 12 heavy (non-hydrogen) atoms. The fourth-order valence-corrected chi connectivity index (χ4v) is 0.959. The molecule has 3 nitrogen and oxygen atoms in total. The molecule has 0 spiro atoms. The summed E-state index contributed by atoms with van der Waals surface area (Å²) in [6.07, 6.45) is 3.71. The van der Waals surface area contributed by atoms with Crippen molar-refractivity contribution < 1.29 is 4.74 Å². The van der Waals surface area contributed by atoms with Crippen molar-refractivity contribution in [3.63, 3.8) is 0 Å². The molecule has 1 heterocycles. The first kappa shape index (κ1) is 9.13. The summed E-state index contributed by atoms with van der Waals surface area (Å²) in [4.78, 5) is 8.18. The third-order valence-corrected chi connectivity index (χ3v) is 1.69. The molecule has 1 unspecified atom stereocenters. The van der Waals surface area contributed by atoms with Crippen molar-refractivity contribution >= 4 is 0 Å². The van der Waals surface area contributed by atoms with Crippen molar-refractivity contribution in [3.8, 4) is 0 Å². The number of aromatic nitrogens is 2. The van der Waals surface area contributed by atoms with E-state index < -0.39 is 0 Å². The summed E-state index contributed by atoms with van der Waals surface area (Å²) in [6, 6.07) is 0. The van der Waals surface area contributed by atoms with Gasteiger partial charge in [0.25, 0.3) is 0 Å². The van der Waals surface area contributed by atoms with Gasteiger partial charge in [-0.2, -0.15) is 0 Å². The van der Waals surface area contributed by atoms with Crippen LogP contribution in [0, 0.1) is 6.92 Å². The zero-order valence-corrected chi connectivity index (χ0v) is 7.74. The molecule has 0 aliphatic heterocycles. The number of ether oxygens (including phenoxy) is 1. The lowest BCUT2D eigenvalue weighted by molar-refractivity contribution is 0.0759. The predicted molar refractivity (Wildman–Crippen MR) is 46.8 cm³/mol. The molecule has 0 saturated carbocycles. The fraction of sp³-hybridized carbons (Fsp3) is 0.556. The quantitative estimate of drug-likeness (QED) is 0.687. The lowest BCUT2D eigenvalue weighted by Gasteiger charge is -2.10. The summed E-state index contributed by atoms with van der Waals surface area (Å²) in [7, 11) is 0. The van der Waals surface area contributed by atoms with Gasteiger partial charge >= 0.3 is 0 Å². The van der Waals surface area contributed by atoms with Crippen molar-refractivity contribution in [1.29, 1.82) is 0 Å². The van der Waals surface area contributed by atoms with Crippen molar-refractivity contribution in [3.05, 3.63) is 23.8 Å². The Morgan fingerprint density at radius 1 is 1.42 bits per heavy atom. The lowest BCUT2D eigenvalue weighted by atomic mass is 10.2. The normalized spacial score (nSPS) is 12.9. The minimum absolute atomic E-state index is 0.0931. The Labute approximate surface area is 72.8 Å². The Balaban J connectivity index is 2.68. The number of hydrogen-bond donors (Lipinski definition) is 0. The van der Waals surface area contributed by atoms with Crippen LogP contribution in [0.1, 0.15) is 31.3 Å². The van der Waals surface area contributed by atoms with Gasteiger partial charge in [0, 0.05) is 24.6 Å². The van der Waals surface area contributed by atoms with Gasteiger partial charge < -0.3 is 4.74 Å². The lowest BCUT2D eigenvalue weighted by Crippen LogP contribution is -2.01. The molecular formula is C9H14N2O. The van der Waals surface area contributed by atoms with Crippen molar-refractivity contribution in [2.24, 2.45) is 0 Å². The zero-order chi connectivity index (χ0) is 8.97. The molecule has 0 aromatic carbocycles. The van der Waals surface area contributed by atoms with Gasteiger partial charge in [-0.1, -0.05) is 0 Å². The third-order valence-electron chi connectivity index (χ3n) is 1.69. The van der Waals surface area contributed by atoms with E-state index >= 15 is 0 Å². The van der Waals surface area contributed by atoms with Gasteiger partial charge in [-0.25, -0.2) is 9.97 Å². The van der Waals surface area contributed by atoms with Crippen LogP contribution in [-0.2, 0) is 4.74 Å². The van der Waals surface area contributed by atoms with Crippen LogP contribution in [0.15, 0.2) is 12.4 Å². The van der Waals surface area contributed by atoms with Gasteiger partial charge in [-0.3, -0.25) is 0 Å². The highest BCUT2D eigenvalue weighted by molar-refractivity contribution is 5.07. The van der Waals surface area contributed by atoms with Gasteiger partial charge in [-0.05, 0) is 20.8 Å². The molecule has 0 radical (unpaired) electrons. The summed E-state index contributed by atoms with van der Waals surface area (Å²) >= 11 is 0. The van der Waals surface area contributed by atoms with Crippen LogP contribution >= 0.6 is 0 Å². The second-order valence-corrected chi connectivity index (χ2v) is 2.66. The van der Waals surface area contributed by atoms with Crippen LogP contribution in [-0.4, -0.2) is 16.6 Å². The molecule has 3 heteroatoms. The van der Waals surface area contributed by atoms with Gasteiger partial charge in [-0.15, -0.1) is 0 Å². The zero-order valence-electron chi connectivity index (χ0n) is 7.74. The molecule has 0 N–H and O–H groups in total. The van der Waals surface area contributed by atoms with E-state index in [1.165, 1.54) is 0 Å².